The monoisotopic (exact) mass is 238 g/mol. The van der Waals surface area contributed by atoms with Crippen LogP contribution in [-0.4, -0.2) is 9.55 Å². The van der Waals surface area contributed by atoms with Crippen molar-refractivity contribution < 1.29 is 0 Å². The van der Waals surface area contributed by atoms with Gasteiger partial charge in [0.1, 0.15) is 11.9 Å². The molecule has 0 spiro atoms. The van der Waals surface area contributed by atoms with E-state index in [2.05, 4.69) is 15.6 Å². The molecule has 4 heteroatoms. The van der Waals surface area contributed by atoms with Crippen LogP contribution in [0.4, 0.5) is 5.69 Å². The van der Waals surface area contributed by atoms with Gasteiger partial charge in [0.2, 0.25) is 0 Å². The van der Waals surface area contributed by atoms with E-state index >= 15 is 0 Å². The minimum atomic E-state index is 0.571. The molecule has 3 rings (SSSR count). The van der Waals surface area contributed by atoms with Crippen LogP contribution in [0.1, 0.15) is 24.2 Å². The van der Waals surface area contributed by atoms with Crippen LogP contribution in [0, 0.1) is 11.3 Å². The molecule has 90 valence electrons. The molecule has 0 aliphatic carbocycles. The molecular weight excluding hydrogens is 224 g/mol. The van der Waals surface area contributed by atoms with Crippen molar-refractivity contribution in [2.75, 3.05) is 5.73 Å². The van der Waals surface area contributed by atoms with E-state index in [1.54, 1.807) is 0 Å². The highest BCUT2D eigenvalue weighted by Crippen LogP contribution is 2.27. The topological polar surface area (TPSA) is 67.6 Å². The number of anilines is 1. The van der Waals surface area contributed by atoms with Crippen LogP contribution in [0.3, 0.4) is 0 Å². The van der Waals surface area contributed by atoms with Crippen LogP contribution in [0.15, 0.2) is 24.3 Å². The van der Waals surface area contributed by atoms with Crippen molar-refractivity contribution in [1.82, 2.24) is 9.55 Å². The third-order valence-corrected chi connectivity index (χ3v) is 3.39. The molecule has 1 aromatic heterocycles. The summed E-state index contributed by atoms with van der Waals surface area (Å²) in [6.07, 6.45) is 3.24. The Balaban J connectivity index is 2.15. The van der Waals surface area contributed by atoms with Crippen LogP contribution >= 0.6 is 0 Å². The van der Waals surface area contributed by atoms with Gasteiger partial charge in [0.05, 0.1) is 5.69 Å². The van der Waals surface area contributed by atoms with Gasteiger partial charge in [0, 0.05) is 17.8 Å². The van der Waals surface area contributed by atoms with Crippen molar-refractivity contribution in [3.63, 3.8) is 0 Å². The Labute approximate surface area is 106 Å². The lowest BCUT2D eigenvalue weighted by atomic mass is 10.1. The lowest BCUT2D eigenvalue weighted by molar-refractivity contribution is 0.535. The second-order valence-electron chi connectivity index (χ2n) is 4.57. The van der Waals surface area contributed by atoms with Crippen molar-refractivity contribution >= 4 is 5.69 Å². The third kappa shape index (κ3) is 1.65. The number of nitrogens with zero attached hydrogens (tertiary/aromatic N) is 3. The van der Waals surface area contributed by atoms with E-state index in [-0.39, 0.29) is 0 Å². The summed E-state index contributed by atoms with van der Waals surface area (Å²) in [4.78, 5) is 4.47. The highest BCUT2D eigenvalue weighted by Gasteiger charge is 2.20. The number of benzene rings is 1. The fourth-order valence-electron chi connectivity index (χ4n) is 2.49. The number of fused-ring (bicyclic) bond motifs is 1. The van der Waals surface area contributed by atoms with Crippen molar-refractivity contribution in [3.05, 3.63) is 35.7 Å². The number of rotatable bonds is 1. The first-order chi connectivity index (χ1) is 8.79. The minimum Gasteiger partial charge on any atom is -0.399 e. The van der Waals surface area contributed by atoms with Gasteiger partial charge in [-0.1, -0.05) is 0 Å². The number of aromatic nitrogens is 2. The zero-order valence-corrected chi connectivity index (χ0v) is 10.1. The molecule has 2 heterocycles. The molecule has 0 atom stereocenters. The average Bonchev–Trinajstić information content (AvgIpc) is 2.79. The molecule has 0 saturated heterocycles. The molecule has 0 unspecified atom stereocenters. The summed E-state index contributed by atoms with van der Waals surface area (Å²) in [5.41, 5.74) is 9.11. The summed E-state index contributed by atoms with van der Waals surface area (Å²) < 4.78 is 2.17. The molecule has 1 aliphatic heterocycles. The predicted octanol–water partition coefficient (Wildman–Crippen LogP) is 2.34. The van der Waals surface area contributed by atoms with Gasteiger partial charge in [0.15, 0.2) is 5.69 Å². The Hall–Kier alpha value is -2.28. The first-order valence-electron chi connectivity index (χ1n) is 6.15. The molecule has 2 N–H and O–H groups in total. The van der Waals surface area contributed by atoms with Gasteiger partial charge < -0.3 is 10.3 Å². The zero-order valence-electron chi connectivity index (χ0n) is 10.1. The summed E-state index contributed by atoms with van der Waals surface area (Å²) in [6.45, 7) is 0.948. The van der Waals surface area contributed by atoms with E-state index in [1.807, 2.05) is 24.3 Å². The maximum Gasteiger partial charge on any atom is 0.162 e. The van der Waals surface area contributed by atoms with Gasteiger partial charge in [0.25, 0.3) is 0 Å². The summed E-state index contributed by atoms with van der Waals surface area (Å²) in [5.74, 6) is 0.890. The van der Waals surface area contributed by atoms with Crippen molar-refractivity contribution in [2.45, 2.75) is 25.8 Å². The summed E-state index contributed by atoms with van der Waals surface area (Å²) >= 11 is 0. The molecule has 0 radical (unpaired) electrons. The number of imidazole rings is 1. The molecule has 0 amide bonds. The Bertz CT molecular complexity index is 616. The normalized spacial score (nSPS) is 13.9. The van der Waals surface area contributed by atoms with Crippen LogP contribution in [0.5, 0.6) is 0 Å². The molecule has 0 bridgehead atoms. The summed E-state index contributed by atoms with van der Waals surface area (Å²) in [7, 11) is 0. The van der Waals surface area contributed by atoms with Crippen LogP contribution in [0.2, 0.25) is 0 Å². The number of nitriles is 1. The molecule has 4 nitrogen and oxygen atoms in total. The Morgan fingerprint density at radius 2 is 2.00 bits per heavy atom. The first-order valence-corrected chi connectivity index (χ1v) is 6.15. The largest absolute Gasteiger partial charge is 0.399 e. The van der Waals surface area contributed by atoms with E-state index in [1.165, 1.54) is 0 Å². The Kier molecular flexibility index (Phi) is 2.52. The fraction of sp³-hybridized carbons (Fsp3) is 0.286. The average molecular weight is 238 g/mol. The Morgan fingerprint density at radius 1 is 1.22 bits per heavy atom. The van der Waals surface area contributed by atoms with Gasteiger partial charge in [-0.05, 0) is 43.5 Å². The predicted molar refractivity (Wildman–Crippen MR) is 69.7 cm³/mol. The fourth-order valence-corrected chi connectivity index (χ4v) is 2.49. The number of nitrogen functional groups attached to an aromatic ring is 1. The highest BCUT2D eigenvalue weighted by molar-refractivity contribution is 5.61. The second kappa shape index (κ2) is 4.19. The van der Waals surface area contributed by atoms with E-state index in [0.29, 0.717) is 5.69 Å². The highest BCUT2D eigenvalue weighted by atomic mass is 15.1. The van der Waals surface area contributed by atoms with Gasteiger partial charge in [-0.15, -0.1) is 0 Å². The van der Waals surface area contributed by atoms with Crippen LogP contribution < -0.4 is 5.73 Å². The lowest BCUT2D eigenvalue weighted by Gasteiger charge is -2.16. The van der Waals surface area contributed by atoms with E-state index in [0.717, 1.165) is 48.6 Å². The van der Waals surface area contributed by atoms with E-state index in [9.17, 15) is 0 Å². The van der Waals surface area contributed by atoms with Crippen LogP contribution in [-0.2, 0) is 13.0 Å². The quantitative estimate of drug-likeness (QED) is 0.775. The number of hydrogen-bond donors (Lipinski definition) is 1. The van der Waals surface area contributed by atoms with Gasteiger partial charge in [-0.3, -0.25) is 0 Å². The minimum absolute atomic E-state index is 0.571. The molecule has 0 fully saturated rings. The molecule has 1 aromatic carbocycles. The van der Waals surface area contributed by atoms with Gasteiger partial charge in [-0.25, -0.2) is 4.98 Å². The van der Waals surface area contributed by atoms with Gasteiger partial charge >= 0.3 is 0 Å². The Morgan fingerprint density at radius 3 is 2.72 bits per heavy atom. The zero-order chi connectivity index (χ0) is 12.5. The molecule has 0 saturated carbocycles. The van der Waals surface area contributed by atoms with Crippen molar-refractivity contribution in [3.8, 4) is 17.5 Å². The molecule has 2 aromatic rings. The van der Waals surface area contributed by atoms with Crippen LogP contribution in [0.25, 0.3) is 11.4 Å². The van der Waals surface area contributed by atoms with E-state index in [4.69, 9.17) is 11.0 Å². The first kappa shape index (κ1) is 10.8. The number of nitrogens with two attached hydrogens (primary N) is 1. The summed E-state index contributed by atoms with van der Waals surface area (Å²) in [5, 5.41) is 9.15. The molecule has 1 aliphatic rings. The van der Waals surface area contributed by atoms with E-state index < -0.39 is 0 Å². The maximum absolute atomic E-state index is 9.15. The van der Waals surface area contributed by atoms with Crippen molar-refractivity contribution in [2.24, 2.45) is 0 Å². The third-order valence-electron chi connectivity index (χ3n) is 3.39. The van der Waals surface area contributed by atoms with Crippen molar-refractivity contribution in [1.29, 1.82) is 5.26 Å². The SMILES string of the molecule is N#Cc1nc(-c2ccc(N)cc2)n2c1CCCC2. The standard InChI is InChI=1S/C14H14N4/c15-9-12-13-3-1-2-8-18(13)14(17-12)10-4-6-11(16)7-5-10/h4-7H,1-3,8,16H2. The maximum atomic E-state index is 9.15. The second-order valence-corrected chi connectivity index (χ2v) is 4.57. The smallest absolute Gasteiger partial charge is 0.162 e. The lowest BCUT2D eigenvalue weighted by Crippen LogP contribution is -2.11. The summed E-state index contributed by atoms with van der Waals surface area (Å²) in [6, 6.07) is 9.85. The van der Waals surface area contributed by atoms with Gasteiger partial charge in [-0.2, -0.15) is 5.26 Å². The molecular formula is C14H14N4. The number of hydrogen-bond acceptors (Lipinski definition) is 3. The molecule has 18 heavy (non-hydrogen) atoms.